The van der Waals surface area contributed by atoms with E-state index in [1.165, 1.54) is 16.7 Å². The van der Waals surface area contributed by atoms with Gasteiger partial charge in [0.15, 0.2) is 5.78 Å². The lowest BCUT2D eigenvalue weighted by Crippen LogP contribution is -2.41. The van der Waals surface area contributed by atoms with E-state index in [-0.39, 0.29) is 11.8 Å². The molecule has 4 rings (SSSR count). The third-order valence-electron chi connectivity index (χ3n) is 5.90. The summed E-state index contributed by atoms with van der Waals surface area (Å²) in [5.74, 6) is 1.06. The topological polar surface area (TPSA) is 38.3 Å². The Morgan fingerprint density at radius 3 is 2.52 bits per heavy atom. The molecule has 0 unspecified atom stereocenters. The fourth-order valence-electron chi connectivity index (χ4n) is 4.41. The van der Waals surface area contributed by atoms with Gasteiger partial charge < -0.3 is 10.1 Å². The minimum absolute atomic E-state index is 0.0692. The summed E-state index contributed by atoms with van der Waals surface area (Å²) in [5, 5.41) is 3.58. The SMILES string of the molecule is COc1ccccc1C(=O)CN[C@@H]1CCc2ccccc2[C@@H]1Cc1ccccc1. The van der Waals surface area contributed by atoms with E-state index < -0.39 is 0 Å². The molecule has 3 heteroatoms. The average molecular weight is 386 g/mol. The normalized spacial score (nSPS) is 18.1. The van der Waals surface area contributed by atoms with E-state index in [0.717, 1.165) is 19.3 Å². The van der Waals surface area contributed by atoms with Crippen molar-refractivity contribution in [3.05, 3.63) is 101 Å². The number of para-hydroxylation sites is 1. The number of hydrogen-bond acceptors (Lipinski definition) is 3. The molecule has 148 valence electrons. The summed E-state index contributed by atoms with van der Waals surface area (Å²) in [6.07, 6.45) is 3.05. The number of carbonyl (C=O) groups excluding carboxylic acids is 1. The number of benzene rings is 3. The second-order valence-corrected chi connectivity index (χ2v) is 7.64. The standard InChI is InChI=1S/C26H27NO2/c1-29-26-14-8-7-13-22(26)25(28)18-27-24-16-15-20-11-5-6-12-21(20)23(24)17-19-9-3-2-4-10-19/h2-14,23-24,27H,15-18H2,1H3/t23-,24+/m0/s1. The largest absolute Gasteiger partial charge is 0.496 e. The first kappa shape index (κ1) is 19.4. The molecule has 0 heterocycles. The van der Waals surface area contributed by atoms with Crippen LogP contribution in [0.3, 0.4) is 0 Å². The van der Waals surface area contributed by atoms with Crippen molar-refractivity contribution >= 4 is 5.78 Å². The summed E-state index contributed by atoms with van der Waals surface area (Å²) in [6.45, 7) is 0.318. The zero-order valence-corrected chi connectivity index (χ0v) is 16.8. The summed E-state index contributed by atoms with van der Waals surface area (Å²) in [7, 11) is 1.60. The van der Waals surface area contributed by atoms with Crippen molar-refractivity contribution in [1.82, 2.24) is 5.32 Å². The van der Waals surface area contributed by atoms with Crippen molar-refractivity contribution in [1.29, 1.82) is 0 Å². The Morgan fingerprint density at radius 2 is 1.69 bits per heavy atom. The van der Waals surface area contributed by atoms with Crippen molar-refractivity contribution in [2.45, 2.75) is 31.2 Å². The van der Waals surface area contributed by atoms with Gasteiger partial charge >= 0.3 is 0 Å². The maximum Gasteiger partial charge on any atom is 0.180 e. The summed E-state index contributed by atoms with van der Waals surface area (Å²) in [6, 6.07) is 27.1. The zero-order valence-electron chi connectivity index (χ0n) is 16.8. The van der Waals surface area contributed by atoms with Gasteiger partial charge in [-0.2, -0.15) is 0 Å². The number of methoxy groups -OCH3 is 1. The van der Waals surface area contributed by atoms with Crippen LogP contribution in [0.2, 0.25) is 0 Å². The first-order chi connectivity index (χ1) is 14.3. The molecule has 1 N–H and O–H groups in total. The Balaban J connectivity index is 1.53. The smallest absolute Gasteiger partial charge is 0.180 e. The van der Waals surface area contributed by atoms with E-state index >= 15 is 0 Å². The highest BCUT2D eigenvalue weighted by Crippen LogP contribution is 2.34. The Labute approximate surface area is 172 Å². The molecule has 1 aliphatic carbocycles. The molecule has 29 heavy (non-hydrogen) atoms. The fourth-order valence-corrected chi connectivity index (χ4v) is 4.41. The molecular weight excluding hydrogens is 358 g/mol. The number of carbonyl (C=O) groups is 1. The first-order valence-electron chi connectivity index (χ1n) is 10.3. The number of hydrogen-bond donors (Lipinski definition) is 1. The summed E-state index contributed by atoms with van der Waals surface area (Å²) >= 11 is 0. The fraction of sp³-hybridized carbons (Fsp3) is 0.269. The van der Waals surface area contributed by atoms with Gasteiger partial charge in [-0.1, -0.05) is 66.7 Å². The molecule has 0 radical (unpaired) electrons. The van der Waals surface area contributed by atoms with Crippen molar-refractivity contribution in [2.75, 3.05) is 13.7 Å². The molecule has 0 fully saturated rings. The lowest BCUT2D eigenvalue weighted by atomic mass is 9.76. The number of ether oxygens (including phenoxy) is 1. The number of nitrogens with one attached hydrogen (secondary N) is 1. The molecule has 0 aliphatic heterocycles. The van der Waals surface area contributed by atoms with Crippen LogP contribution in [0.1, 0.15) is 39.4 Å². The number of aryl methyl sites for hydroxylation is 1. The molecule has 3 nitrogen and oxygen atoms in total. The van der Waals surface area contributed by atoms with Gasteiger partial charge in [0.1, 0.15) is 5.75 Å². The Morgan fingerprint density at radius 1 is 0.966 bits per heavy atom. The third-order valence-corrected chi connectivity index (χ3v) is 5.90. The Kier molecular flexibility index (Phi) is 6.06. The highest BCUT2D eigenvalue weighted by molar-refractivity contribution is 6.00. The maximum absolute atomic E-state index is 12.8. The van der Waals surface area contributed by atoms with Crippen LogP contribution in [-0.2, 0) is 12.8 Å². The van der Waals surface area contributed by atoms with Gasteiger partial charge in [0.2, 0.25) is 0 Å². The van der Waals surface area contributed by atoms with Gasteiger partial charge in [-0.15, -0.1) is 0 Å². The molecule has 0 aromatic heterocycles. The second kappa shape index (κ2) is 9.06. The molecule has 0 spiro atoms. The molecule has 0 saturated heterocycles. The van der Waals surface area contributed by atoms with Crippen molar-refractivity contribution in [3.8, 4) is 5.75 Å². The predicted octanol–water partition coefficient (Wildman–Crippen LogP) is 4.81. The highest BCUT2D eigenvalue weighted by atomic mass is 16.5. The van der Waals surface area contributed by atoms with Gasteiger partial charge in [-0.05, 0) is 48.1 Å². The lowest BCUT2D eigenvalue weighted by molar-refractivity contribution is 0.0981. The molecule has 0 bridgehead atoms. The van der Waals surface area contributed by atoms with Crippen molar-refractivity contribution in [3.63, 3.8) is 0 Å². The van der Waals surface area contributed by atoms with Gasteiger partial charge in [0, 0.05) is 12.0 Å². The summed E-state index contributed by atoms with van der Waals surface area (Å²) < 4.78 is 5.36. The molecular formula is C26H27NO2. The lowest BCUT2D eigenvalue weighted by Gasteiger charge is -2.34. The number of fused-ring (bicyclic) bond motifs is 1. The summed E-state index contributed by atoms with van der Waals surface area (Å²) in [4.78, 5) is 12.8. The van der Waals surface area contributed by atoms with E-state index in [2.05, 4.69) is 59.9 Å². The molecule has 2 atom stereocenters. The molecule has 0 amide bonds. The van der Waals surface area contributed by atoms with Crippen LogP contribution in [0.25, 0.3) is 0 Å². The van der Waals surface area contributed by atoms with E-state index in [0.29, 0.717) is 23.8 Å². The van der Waals surface area contributed by atoms with E-state index in [1.54, 1.807) is 7.11 Å². The van der Waals surface area contributed by atoms with E-state index in [4.69, 9.17) is 4.74 Å². The molecule has 1 aliphatic rings. The second-order valence-electron chi connectivity index (χ2n) is 7.64. The molecule has 3 aromatic rings. The third kappa shape index (κ3) is 4.41. The number of Topliss-reactive ketones (excluding diaryl/α,β-unsaturated/α-hetero) is 1. The zero-order chi connectivity index (χ0) is 20.1. The minimum Gasteiger partial charge on any atom is -0.496 e. The van der Waals surface area contributed by atoms with E-state index in [1.807, 2.05) is 24.3 Å². The predicted molar refractivity (Wildman–Crippen MR) is 117 cm³/mol. The van der Waals surface area contributed by atoms with Gasteiger partial charge in [-0.25, -0.2) is 0 Å². The number of ketones is 1. The number of rotatable bonds is 7. The van der Waals surface area contributed by atoms with Crippen LogP contribution in [0, 0.1) is 0 Å². The quantitative estimate of drug-likeness (QED) is 0.593. The van der Waals surface area contributed by atoms with Crippen molar-refractivity contribution < 1.29 is 9.53 Å². The highest BCUT2D eigenvalue weighted by Gasteiger charge is 2.29. The summed E-state index contributed by atoms with van der Waals surface area (Å²) in [5.41, 5.74) is 4.81. The van der Waals surface area contributed by atoms with Crippen LogP contribution < -0.4 is 10.1 Å². The van der Waals surface area contributed by atoms with Crippen LogP contribution in [-0.4, -0.2) is 25.5 Å². The first-order valence-corrected chi connectivity index (χ1v) is 10.3. The van der Waals surface area contributed by atoms with Crippen molar-refractivity contribution in [2.24, 2.45) is 0 Å². The monoisotopic (exact) mass is 385 g/mol. The maximum atomic E-state index is 12.8. The minimum atomic E-state index is 0.0692. The van der Waals surface area contributed by atoms with Crippen LogP contribution >= 0.6 is 0 Å². The van der Waals surface area contributed by atoms with Gasteiger partial charge in [0.25, 0.3) is 0 Å². The van der Waals surface area contributed by atoms with Gasteiger partial charge in [0.05, 0.1) is 19.2 Å². The van der Waals surface area contributed by atoms with Crippen LogP contribution in [0.4, 0.5) is 0 Å². The molecule has 3 aromatic carbocycles. The Bertz CT molecular complexity index is 967. The van der Waals surface area contributed by atoms with E-state index in [9.17, 15) is 4.79 Å². The Hall–Kier alpha value is -2.91. The molecule has 0 saturated carbocycles. The van der Waals surface area contributed by atoms with Crippen LogP contribution in [0.5, 0.6) is 5.75 Å². The van der Waals surface area contributed by atoms with Crippen LogP contribution in [0.15, 0.2) is 78.9 Å². The van der Waals surface area contributed by atoms with Gasteiger partial charge in [-0.3, -0.25) is 4.79 Å². The average Bonchev–Trinajstić information content (AvgIpc) is 2.79.